The van der Waals surface area contributed by atoms with Gasteiger partial charge in [0.1, 0.15) is 73.2 Å². The maximum absolute atomic E-state index is 13.4. The average molecular weight is 1200 g/mol. The zero-order valence-electron chi connectivity index (χ0n) is 51.9. The van der Waals surface area contributed by atoms with Crippen LogP contribution in [0.25, 0.3) is 0 Å². The fourth-order valence-electron chi connectivity index (χ4n) is 11.5. The van der Waals surface area contributed by atoms with Crippen LogP contribution in [0.4, 0.5) is 0 Å². The van der Waals surface area contributed by atoms with Crippen molar-refractivity contribution in [2.24, 2.45) is 0 Å². The molecule has 3 aliphatic rings. The third-order valence-corrected chi connectivity index (χ3v) is 17.0. The van der Waals surface area contributed by atoms with Crippen molar-refractivity contribution >= 4 is 5.91 Å². The lowest BCUT2D eigenvalue weighted by molar-refractivity contribution is -0.379. The van der Waals surface area contributed by atoms with Gasteiger partial charge in [-0.05, 0) is 32.1 Å². The van der Waals surface area contributed by atoms with Gasteiger partial charge in [0.05, 0.1) is 38.6 Å². The minimum Gasteiger partial charge on any atom is -0.394 e. The fraction of sp³-hybridized carbons (Fsp3) is 0.923. The van der Waals surface area contributed by atoms with Crippen molar-refractivity contribution in [3.05, 3.63) is 24.3 Å². The van der Waals surface area contributed by atoms with Crippen LogP contribution in [0.1, 0.15) is 251 Å². The van der Waals surface area contributed by atoms with Crippen molar-refractivity contribution in [3.63, 3.8) is 0 Å². The molecule has 3 aliphatic heterocycles. The number of nitrogens with one attached hydrogen (secondary N) is 1. The Hall–Kier alpha value is -1.73. The molecular formula is C65H121NO18. The number of unbranched alkanes of at least 4 members (excludes halogenated alkanes) is 33. The molecule has 84 heavy (non-hydrogen) atoms. The van der Waals surface area contributed by atoms with Gasteiger partial charge < -0.3 is 89.9 Å². The first kappa shape index (κ1) is 76.5. The minimum absolute atomic E-state index is 0.240. The summed E-state index contributed by atoms with van der Waals surface area (Å²) in [4.78, 5) is 13.4. The van der Waals surface area contributed by atoms with Crippen molar-refractivity contribution in [1.29, 1.82) is 0 Å². The largest absolute Gasteiger partial charge is 0.394 e. The highest BCUT2D eigenvalue weighted by molar-refractivity contribution is 5.76. The van der Waals surface area contributed by atoms with Crippen molar-refractivity contribution in [2.45, 2.75) is 356 Å². The molecule has 0 aromatic rings. The first-order valence-corrected chi connectivity index (χ1v) is 33.6. The normalized spacial score (nSPS) is 29.3. The van der Waals surface area contributed by atoms with Gasteiger partial charge in [0.25, 0.3) is 0 Å². The predicted molar refractivity (Wildman–Crippen MR) is 323 cm³/mol. The lowest BCUT2D eigenvalue weighted by Gasteiger charge is -2.48. The summed E-state index contributed by atoms with van der Waals surface area (Å²) >= 11 is 0. The van der Waals surface area contributed by atoms with Crippen LogP contribution in [0.3, 0.4) is 0 Å². The monoisotopic (exact) mass is 1200 g/mol. The number of aliphatic hydroxyl groups is 11. The summed E-state index contributed by atoms with van der Waals surface area (Å²) in [5, 5.41) is 120. The van der Waals surface area contributed by atoms with Crippen molar-refractivity contribution < 1.29 is 89.4 Å². The lowest BCUT2D eigenvalue weighted by atomic mass is 9.96. The van der Waals surface area contributed by atoms with Gasteiger partial charge in [-0.2, -0.15) is 0 Å². The van der Waals surface area contributed by atoms with E-state index in [-0.39, 0.29) is 18.9 Å². The van der Waals surface area contributed by atoms with Crippen LogP contribution in [0.2, 0.25) is 0 Å². The van der Waals surface area contributed by atoms with Crippen molar-refractivity contribution in [1.82, 2.24) is 5.32 Å². The van der Waals surface area contributed by atoms with Gasteiger partial charge in [0.15, 0.2) is 18.9 Å². The first-order chi connectivity index (χ1) is 40.8. The molecule has 3 saturated heterocycles. The number of aliphatic hydroxyl groups excluding tert-OH is 11. The quantitative estimate of drug-likeness (QED) is 0.0204. The summed E-state index contributed by atoms with van der Waals surface area (Å²) in [6.45, 7) is 1.74. The highest BCUT2D eigenvalue weighted by atomic mass is 16.8. The number of hydrogen-bond donors (Lipinski definition) is 12. The molecule has 12 N–H and O–H groups in total. The van der Waals surface area contributed by atoms with Crippen molar-refractivity contribution in [3.8, 4) is 0 Å². The lowest BCUT2D eigenvalue weighted by Crippen LogP contribution is -2.66. The zero-order valence-corrected chi connectivity index (χ0v) is 51.9. The summed E-state index contributed by atoms with van der Waals surface area (Å²) in [7, 11) is 0. The van der Waals surface area contributed by atoms with Gasteiger partial charge in [0, 0.05) is 6.42 Å². The molecule has 0 aromatic heterocycles. The molecule has 17 unspecified atom stereocenters. The molecule has 0 spiro atoms. The molecule has 0 aromatic carbocycles. The number of allylic oxidation sites excluding steroid dienone is 3. The van der Waals surface area contributed by atoms with Crippen molar-refractivity contribution in [2.75, 3.05) is 26.4 Å². The third-order valence-electron chi connectivity index (χ3n) is 17.0. The Morgan fingerprint density at radius 1 is 0.417 bits per heavy atom. The van der Waals surface area contributed by atoms with Gasteiger partial charge >= 0.3 is 0 Å². The molecule has 19 heteroatoms. The summed E-state index contributed by atoms with van der Waals surface area (Å²) in [5.41, 5.74) is 0. The Bertz CT molecular complexity index is 1630. The highest BCUT2D eigenvalue weighted by Crippen LogP contribution is 2.33. The van der Waals surface area contributed by atoms with Crippen LogP contribution in [0.5, 0.6) is 0 Å². The van der Waals surface area contributed by atoms with E-state index in [1.54, 1.807) is 6.08 Å². The molecule has 3 fully saturated rings. The standard InChI is InChI=1S/C65H121NO18/c1-3-5-7-9-11-13-15-17-19-21-23-25-26-28-30-32-34-36-38-40-42-49(70)48(66-53(71)43-41-39-37-35-33-31-29-27-24-22-20-18-16-14-12-10-8-6-4-2)47-79-63-59(77)56(74)61(51(45-68)81-63)84-65-60(78)57(75)62(52(46-69)82-65)83-64-58(76)55(73)54(72)50(44-67)80-64/h32,34,40,42,48-52,54-65,67-70,72-78H,3-31,33,35-39,41,43-47H2,1-2H3,(H,66,71)/b34-32+,42-40+. The van der Waals surface area contributed by atoms with Crippen LogP contribution in [0.15, 0.2) is 24.3 Å². The summed E-state index contributed by atoms with van der Waals surface area (Å²) in [6, 6.07) is -0.986. The molecule has 3 rings (SSSR count). The minimum atomic E-state index is -1.98. The number of ether oxygens (including phenoxy) is 6. The van der Waals surface area contributed by atoms with Gasteiger partial charge in [-0.3, -0.25) is 4.79 Å². The van der Waals surface area contributed by atoms with Gasteiger partial charge in [-0.25, -0.2) is 0 Å². The maximum Gasteiger partial charge on any atom is 0.220 e. The summed E-state index contributed by atoms with van der Waals surface area (Å²) in [6.07, 6.45) is 25.8. The Kier molecular flexibility index (Phi) is 43.9. The van der Waals surface area contributed by atoms with E-state index in [0.717, 1.165) is 38.5 Å². The number of carbonyl (C=O) groups is 1. The second kappa shape index (κ2) is 48.2. The van der Waals surface area contributed by atoms with E-state index in [1.165, 1.54) is 180 Å². The van der Waals surface area contributed by atoms with E-state index >= 15 is 0 Å². The van der Waals surface area contributed by atoms with Gasteiger partial charge in [-0.15, -0.1) is 0 Å². The second-order valence-electron chi connectivity index (χ2n) is 24.3. The Morgan fingerprint density at radius 3 is 1.19 bits per heavy atom. The molecular weight excluding hydrogens is 1080 g/mol. The van der Waals surface area contributed by atoms with Gasteiger partial charge in [-0.1, -0.05) is 237 Å². The smallest absolute Gasteiger partial charge is 0.220 e. The molecule has 3 heterocycles. The van der Waals surface area contributed by atoms with Crippen LogP contribution in [-0.2, 0) is 33.2 Å². The van der Waals surface area contributed by atoms with Crippen LogP contribution in [0, 0.1) is 0 Å². The van der Waals surface area contributed by atoms with E-state index in [1.807, 2.05) is 6.08 Å². The molecule has 19 nitrogen and oxygen atoms in total. The van der Waals surface area contributed by atoms with E-state index < -0.39 is 124 Å². The molecule has 0 aliphatic carbocycles. The van der Waals surface area contributed by atoms with E-state index in [2.05, 4.69) is 31.3 Å². The Morgan fingerprint density at radius 2 is 0.762 bits per heavy atom. The van der Waals surface area contributed by atoms with Gasteiger partial charge in [0.2, 0.25) is 5.91 Å². The fourth-order valence-corrected chi connectivity index (χ4v) is 11.5. The van der Waals surface area contributed by atoms with Crippen LogP contribution in [-0.4, -0.2) is 193 Å². The summed E-state index contributed by atoms with van der Waals surface area (Å²) in [5.74, 6) is -0.281. The first-order valence-electron chi connectivity index (χ1n) is 33.6. The Balaban J connectivity index is 1.47. The average Bonchev–Trinajstić information content (AvgIpc) is 3.45. The zero-order chi connectivity index (χ0) is 61.2. The number of carbonyl (C=O) groups excluding carboxylic acids is 1. The van der Waals surface area contributed by atoms with Crippen LogP contribution >= 0.6 is 0 Å². The van der Waals surface area contributed by atoms with E-state index in [9.17, 15) is 61.0 Å². The molecule has 0 saturated carbocycles. The highest BCUT2D eigenvalue weighted by Gasteiger charge is 2.53. The number of hydrogen-bond acceptors (Lipinski definition) is 18. The molecule has 0 radical (unpaired) electrons. The molecule has 494 valence electrons. The van der Waals surface area contributed by atoms with E-state index in [4.69, 9.17) is 28.4 Å². The molecule has 17 atom stereocenters. The number of rotatable bonds is 51. The van der Waals surface area contributed by atoms with E-state index in [0.29, 0.717) is 12.8 Å². The predicted octanol–water partition coefficient (Wildman–Crippen LogP) is 7.88. The third kappa shape index (κ3) is 30.7. The van der Waals surface area contributed by atoms with Crippen LogP contribution < -0.4 is 5.32 Å². The molecule has 1 amide bonds. The number of amides is 1. The second-order valence-corrected chi connectivity index (χ2v) is 24.3. The molecule has 0 bridgehead atoms. The topological polar surface area (TPSA) is 307 Å². The maximum atomic E-state index is 13.4. The Labute approximate surface area is 505 Å². The summed E-state index contributed by atoms with van der Waals surface area (Å²) < 4.78 is 34.3. The SMILES string of the molecule is CCCCCCCCCCCCCCCC/C=C/CC/C=C/C(O)C(COC1OC(CO)C(OC2OC(CO)C(OC3OC(CO)C(O)C(O)C3O)C(O)C2O)C(O)C1O)NC(=O)CCCCCCCCCCCCCCCCCCCCC.